The second-order valence-electron chi connectivity index (χ2n) is 6.65. The Bertz CT molecular complexity index is 1000. The van der Waals surface area contributed by atoms with Gasteiger partial charge in [-0.2, -0.15) is 0 Å². The molecule has 0 spiro atoms. The van der Waals surface area contributed by atoms with Gasteiger partial charge in [-0.15, -0.1) is 21.5 Å². The molecule has 1 aromatic carbocycles. The van der Waals surface area contributed by atoms with Crippen LogP contribution in [0.2, 0.25) is 0 Å². The van der Waals surface area contributed by atoms with Gasteiger partial charge in [0.1, 0.15) is 0 Å². The number of carbonyl (C=O) groups excluding carboxylic acids is 2. The van der Waals surface area contributed by atoms with Gasteiger partial charge in [-0.05, 0) is 50.3 Å². The summed E-state index contributed by atoms with van der Waals surface area (Å²) in [5, 5.41) is 18.9. The number of carbonyl (C=O) groups is 2. The van der Waals surface area contributed by atoms with Crippen molar-refractivity contribution in [1.29, 1.82) is 0 Å². The van der Waals surface area contributed by atoms with Crippen molar-refractivity contribution >= 4 is 57.2 Å². The fraction of sp³-hybridized carbons (Fsp3) is 0.300. The summed E-state index contributed by atoms with van der Waals surface area (Å²) >= 11 is 4.39. The molecular formula is C20H23N5O2S3. The molecule has 10 heteroatoms. The molecule has 0 saturated heterocycles. The normalized spacial score (nSPS) is 11.7. The van der Waals surface area contributed by atoms with Crippen LogP contribution in [0.4, 0.5) is 15.6 Å². The SMILES string of the molecule is Cc1ccc(NC(=O)NC(=O)C(C)Sc2nnc(NCCc3cccs3)s2)c(C)c1. The molecule has 3 amide bonds. The number of hydrogen-bond donors (Lipinski definition) is 3. The quantitative estimate of drug-likeness (QED) is 0.421. The van der Waals surface area contributed by atoms with Crippen molar-refractivity contribution in [3.05, 3.63) is 51.7 Å². The summed E-state index contributed by atoms with van der Waals surface area (Å²) in [7, 11) is 0. The Morgan fingerprint density at radius 2 is 2.03 bits per heavy atom. The molecule has 0 radical (unpaired) electrons. The summed E-state index contributed by atoms with van der Waals surface area (Å²) in [5.41, 5.74) is 2.72. The van der Waals surface area contributed by atoms with E-state index in [9.17, 15) is 9.59 Å². The van der Waals surface area contributed by atoms with Crippen molar-refractivity contribution < 1.29 is 9.59 Å². The fourth-order valence-corrected chi connectivity index (χ4v) is 5.23. The van der Waals surface area contributed by atoms with Gasteiger partial charge < -0.3 is 10.6 Å². The third-order valence-electron chi connectivity index (χ3n) is 4.15. The van der Waals surface area contributed by atoms with Crippen LogP contribution in [0.1, 0.15) is 22.9 Å². The lowest BCUT2D eigenvalue weighted by Gasteiger charge is -2.12. The maximum Gasteiger partial charge on any atom is 0.325 e. The third-order valence-corrected chi connectivity index (χ3v) is 7.15. The summed E-state index contributed by atoms with van der Waals surface area (Å²) in [5.74, 6) is -0.385. The highest BCUT2D eigenvalue weighted by Crippen LogP contribution is 2.29. The summed E-state index contributed by atoms with van der Waals surface area (Å²) in [6.45, 7) is 6.39. The highest BCUT2D eigenvalue weighted by atomic mass is 32.2. The zero-order valence-corrected chi connectivity index (χ0v) is 19.3. The molecule has 0 aliphatic rings. The van der Waals surface area contributed by atoms with Crippen LogP contribution in [-0.2, 0) is 11.2 Å². The first-order chi connectivity index (χ1) is 14.4. The zero-order chi connectivity index (χ0) is 21.5. The Kier molecular flexibility index (Phi) is 7.83. The monoisotopic (exact) mass is 461 g/mol. The molecular weight excluding hydrogens is 438 g/mol. The van der Waals surface area contributed by atoms with E-state index in [0.717, 1.165) is 24.1 Å². The van der Waals surface area contributed by atoms with Crippen LogP contribution in [0.3, 0.4) is 0 Å². The number of urea groups is 1. The molecule has 3 N–H and O–H groups in total. The number of aryl methyl sites for hydroxylation is 2. The number of nitrogens with zero attached hydrogens (tertiary/aromatic N) is 2. The summed E-state index contributed by atoms with van der Waals surface area (Å²) in [6, 6.07) is 9.29. The third kappa shape index (κ3) is 6.54. The maximum atomic E-state index is 12.3. The number of anilines is 2. The van der Waals surface area contributed by atoms with Gasteiger partial charge in [-0.3, -0.25) is 10.1 Å². The summed E-state index contributed by atoms with van der Waals surface area (Å²) in [6.07, 6.45) is 0.925. The van der Waals surface area contributed by atoms with Crippen LogP contribution in [0, 0.1) is 13.8 Å². The van der Waals surface area contributed by atoms with Gasteiger partial charge in [0, 0.05) is 17.1 Å². The van der Waals surface area contributed by atoms with Crippen molar-refractivity contribution in [3.8, 4) is 0 Å². The molecule has 1 atom stereocenters. The van der Waals surface area contributed by atoms with E-state index in [-0.39, 0.29) is 5.91 Å². The molecule has 3 rings (SSSR count). The predicted molar refractivity (Wildman–Crippen MR) is 125 cm³/mol. The topological polar surface area (TPSA) is 96.0 Å². The second-order valence-corrected chi connectivity index (χ2v) is 10.2. The first-order valence-electron chi connectivity index (χ1n) is 9.36. The lowest BCUT2D eigenvalue weighted by Crippen LogP contribution is -2.39. The van der Waals surface area contributed by atoms with Crippen LogP contribution in [0.15, 0.2) is 40.1 Å². The van der Waals surface area contributed by atoms with Gasteiger partial charge in [0.15, 0.2) is 4.34 Å². The molecule has 0 fully saturated rings. The van der Waals surface area contributed by atoms with Crippen molar-refractivity contribution in [3.63, 3.8) is 0 Å². The van der Waals surface area contributed by atoms with Crippen LogP contribution < -0.4 is 16.0 Å². The van der Waals surface area contributed by atoms with Crippen LogP contribution >= 0.6 is 34.4 Å². The number of nitrogens with one attached hydrogen (secondary N) is 3. The van der Waals surface area contributed by atoms with E-state index in [1.807, 2.05) is 38.1 Å². The number of imide groups is 1. The van der Waals surface area contributed by atoms with Crippen molar-refractivity contribution in [1.82, 2.24) is 15.5 Å². The van der Waals surface area contributed by atoms with Gasteiger partial charge in [-0.1, -0.05) is 46.9 Å². The molecule has 0 saturated carbocycles. The van der Waals surface area contributed by atoms with E-state index in [1.54, 1.807) is 18.3 Å². The molecule has 0 aliphatic heterocycles. The van der Waals surface area contributed by atoms with Gasteiger partial charge in [0.25, 0.3) is 0 Å². The Morgan fingerprint density at radius 1 is 1.20 bits per heavy atom. The molecule has 3 aromatic rings. The number of hydrogen-bond acceptors (Lipinski definition) is 8. The van der Waals surface area contributed by atoms with Crippen molar-refractivity contribution in [2.75, 3.05) is 17.2 Å². The average Bonchev–Trinajstić information content (AvgIpc) is 3.36. The van der Waals surface area contributed by atoms with E-state index in [4.69, 9.17) is 0 Å². The Labute approximate surface area is 187 Å². The van der Waals surface area contributed by atoms with E-state index in [0.29, 0.717) is 15.2 Å². The summed E-state index contributed by atoms with van der Waals surface area (Å²) < 4.78 is 0.672. The Morgan fingerprint density at radius 3 is 2.77 bits per heavy atom. The van der Waals surface area contributed by atoms with Crippen molar-refractivity contribution in [2.45, 2.75) is 36.8 Å². The molecule has 1 unspecified atom stereocenters. The highest BCUT2D eigenvalue weighted by Gasteiger charge is 2.19. The number of aromatic nitrogens is 2. The van der Waals surface area contributed by atoms with Gasteiger partial charge in [0.05, 0.1) is 5.25 Å². The number of benzene rings is 1. The van der Waals surface area contributed by atoms with Gasteiger partial charge >= 0.3 is 6.03 Å². The van der Waals surface area contributed by atoms with E-state index in [2.05, 4.69) is 37.6 Å². The maximum absolute atomic E-state index is 12.3. The Balaban J connectivity index is 1.44. The van der Waals surface area contributed by atoms with E-state index < -0.39 is 11.3 Å². The highest BCUT2D eigenvalue weighted by molar-refractivity contribution is 8.02. The largest absolute Gasteiger partial charge is 0.360 e. The average molecular weight is 462 g/mol. The predicted octanol–water partition coefficient (Wildman–Crippen LogP) is 4.70. The Hall–Kier alpha value is -2.43. The summed E-state index contributed by atoms with van der Waals surface area (Å²) in [4.78, 5) is 25.8. The lowest BCUT2D eigenvalue weighted by molar-refractivity contribution is -0.119. The minimum atomic E-state index is -0.549. The molecule has 7 nitrogen and oxygen atoms in total. The number of thiophene rings is 1. The van der Waals surface area contributed by atoms with E-state index >= 15 is 0 Å². The number of amides is 3. The van der Waals surface area contributed by atoms with E-state index in [1.165, 1.54) is 28.0 Å². The molecule has 30 heavy (non-hydrogen) atoms. The molecule has 0 aliphatic carbocycles. The second kappa shape index (κ2) is 10.6. The first kappa shape index (κ1) is 22.3. The molecule has 0 bridgehead atoms. The minimum Gasteiger partial charge on any atom is -0.360 e. The van der Waals surface area contributed by atoms with Crippen LogP contribution in [0.25, 0.3) is 0 Å². The van der Waals surface area contributed by atoms with Gasteiger partial charge in [-0.25, -0.2) is 4.79 Å². The van der Waals surface area contributed by atoms with Crippen molar-refractivity contribution in [2.24, 2.45) is 0 Å². The molecule has 158 valence electrons. The zero-order valence-electron chi connectivity index (χ0n) is 16.9. The van der Waals surface area contributed by atoms with Crippen LogP contribution in [-0.4, -0.2) is 33.9 Å². The number of thioether (sulfide) groups is 1. The number of rotatable bonds is 8. The fourth-order valence-electron chi connectivity index (χ4n) is 2.60. The molecule has 2 aromatic heterocycles. The first-order valence-corrected chi connectivity index (χ1v) is 11.9. The van der Waals surface area contributed by atoms with Crippen LogP contribution in [0.5, 0.6) is 0 Å². The van der Waals surface area contributed by atoms with Gasteiger partial charge in [0.2, 0.25) is 11.0 Å². The minimum absolute atomic E-state index is 0.385. The lowest BCUT2D eigenvalue weighted by atomic mass is 10.1. The smallest absolute Gasteiger partial charge is 0.325 e. The standard InChI is InChI=1S/C20H23N5O2S3/c1-12-6-7-16(13(2)11-12)22-18(27)23-17(26)14(3)29-20-25-24-19(30-20)21-9-8-15-5-4-10-28-15/h4-7,10-11,14H,8-9H2,1-3H3,(H,21,24)(H2,22,23,26,27). The molecule has 2 heterocycles.